The quantitative estimate of drug-likeness (QED) is 0.418. The van der Waals surface area contributed by atoms with Gasteiger partial charge in [0.05, 0.1) is 11.5 Å². The molecule has 0 rings (SSSR count). The molecule has 74 valence electrons. The first kappa shape index (κ1) is 11.8. The van der Waals surface area contributed by atoms with Gasteiger partial charge in [-0.05, 0) is 0 Å². The molecule has 0 unspecified atom stereocenters. The minimum atomic E-state index is -0.0343. The summed E-state index contributed by atoms with van der Waals surface area (Å²) >= 11 is 0. The third-order valence-corrected chi connectivity index (χ3v) is 1.51. The topological polar surface area (TPSA) is 52.5 Å². The van der Waals surface area contributed by atoms with Crippen LogP contribution in [0, 0.1) is 0 Å². The Kier molecular flexibility index (Phi) is 5.72. The van der Waals surface area contributed by atoms with Crippen molar-refractivity contribution in [2.24, 2.45) is 0 Å². The Labute approximate surface area is 79.1 Å². The van der Waals surface area contributed by atoms with E-state index in [-0.39, 0.29) is 17.6 Å². The SMILES string of the molecule is C=CCNC(CC(=C)O)CC(=C)O. The Morgan fingerprint density at radius 1 is 1.23 bits per heavy atom. The molecule has 0 heterocycles. The van der Waals surface area contributed by atoms with Gasteiger partial charge in [0.15, 0.2) is 0 Å². The Morgan fingerprint density at radius 2 is 1.69 bits per heavy atom. The molecule has 0 fully saturated rings. The van der Waals surface area contributed by atoms with Gasteiger partial charge < -0.3 is 15.5 Å². The second-order valence-corrected chi connectivity index (χ2v) is 2.93. The molecule has 13 heavy (non-hydrogen) atoms. The molecule has 0 aliphatic carbocycles. The van der Waals surface area contributed by atoms with Gasteiger partial charge in [0.25, 0.3) is 0 Å². The monoisotopic (exact) mass is 183 g/mol. The first-order valence-corrected chi connectivity index (χ1v) is 4.14. The van der Waals surface area contributed by atoms with E-state index in [0.717, 1.165) is 0 Å². The Balaban J connectivity index is 3.93. The first-order chi connectivity index (χ1) is 6.06. The maximum absolute atomic E-state index is 8.96. The molecule has 0 bridgehead atoms. The fraction of sp³-hybridized carbons (Fsp3) is 0.400. The molecule has 3 N–H and O–H groups in total. The lowest BCUT2D eigenvalue weighted by Gasteiger charge is -2.16. The molecule has 0 saturated carbocycles. The van der Waals surface area contributed by atoms with Crippen LogP contribution in [0.3, 0.4) is 0 Å². The summed E-state index contributed by atoms with van der Waals surface area (Å²) in [4.78, 5) is 0. The van der Waals surface area contributed by atoms with Crippen LogP contribution in [0.15, 0.2) is 37.3 Å². The molecule has 0 aromatic carbocycles. The fourth-order valence-electron chi connectivity index (χ4n) is 1.04. The number of aliphatic hydroxyl groups is 2. The van der Waals surface area contributed by atoms with E-state index >= 15 is 0 Å². The van der Waals surface area contributed by atoms with E-state index < -0.39 is 0 Å². The van der Waals surface area contributed by atoms with Crippen LogP contribution in [-0.4, -0.2) is 22.8 Å². The Bertz CT molecular complexity index is 183. The van der Waals surface area contributed by atoms with Crippen molar-refractivity contribution in [3.05, 3.63) is 37.3 Å². The lowest BCUT2D eigenvalue weighted by molar-refractivity contribution is 0.328. The van der Waals surface area contributed by atoms with Gasteiger partial charge in [-0.3, -0.25) is 0 Å². The largest absolute Gasteiger partial charge is 0.513 e. The number of hydrogen-bond donors (Lipinski definition) is 3. The predicted molar refractivity (Wildman–Crippen MR) is 54.8 cm³/mol. The van der Waals surface area contributed by atoms with Crippen molar-refractivity contribution in [2.75, 3.05) is 6.54 Å². The number of nitrogens with one attached hydrogen (secondary N) is 1. The Morgan fingerprint density at radius 3 is 2.00 bits per heavy atom. The molecule has 0 aromatic rings. The molecule has 0 aliphatic rings. The van der Waals surface area contributed by atoms with E-state index in [1.54, 1.807) is 6.08 Å². The van der Waals surface area contributed by atoms with Gasteiger partial charge in [0.2, 0.25) is 0 Å². The molecule has 0 radical (unpaired) electrons. The van der Waals surface area contributed by atoms with Crippen LogP contribution in [-0.2, 0) is 0 Å². The molecule has 0 amide bonds. The van der Waals surface area contributed by atoms with Crippen LogP contribution in [0.5, 0.6) is 0 Å². The van der Waals surface area contributed by atoms with Crippen molar-refractivity contribution in [3.63, 3.8) is 0 Å². The molecule has 0 atom stereocenters. The highest BCUT2D eigenvalue weighted by Gasteiger charge is 2.09. The summed E-state index contributed by atoms with van der Waals surface area (Å²) in [6.07, 6.45) is 2.54. The molecule has 0 aliphatic heterocycles. The van der Waals surface area contributed by atoms with Crippen LogP contribution in [0.2, 0.25) is 0 Å². The molecular weight excluding hydrogens is 166 g/mol. The second-order valence-electron chi connectivity index (χ2n) is 2.93. The van der Waals surface area contributed by atoms with Crippen molar-refractivity contribution >= 4 is 0 Å². The zero-order valence-corrected chi connectivity index (χ0v) is 7.79. The smallest absolute Gasteiger partial charge is 0.0866 e. The van der Waals surface area contributed by atoms with Crippen molar-refractivity contribution in [1.29, 1.82) is 0 Å². The zero-order valence-electron chi connectivity index (χ0n) is 7.79. The number of hydrogen-bond acceptors (Lipinski definition) is 3. The third-order valence-electron chi connectivity index (χ3n) is 1.51. The van der Waals surface area contributed by atoms with Crippen LogP contribution in [0.4, 0.5) is 0 Å². The minimum Gasteiger partial charge on any atom is -0.513 e. The van der Waals surface area contributed by atoms with Crippen LogP contribution in [0.25, 0.3) is 0 Å². The van der Waals surface area contributed by atoms with E-state index in [0.29, 0.717) is 19.4 Å². The highest BCUT2D eigenvalue weighted by atomic mass is 16.3. The summed E-state index contributed by atoms with van der Waals surface area (Å²) < 4.78 is 0. The highest BCUT2D eigenvalue weighted by molar-refractivity contribution is 4.93. The van der Waals surface area contributed by atoms with Crippen molar-refractivity contribution in [2.45, 2.75) is 18.9 Å². The third kappa shape index (κ3) is 7.15. The molecule has 3 heteroatoms. The average molecular weight is 183 g/mol. The van der Waals surface area contributed by atoms with E-state index in [1.165, 1.54) is 0 Å². The number of rotatable bonds is 7. The van der Waals surface area contributed by atoms with Gasteiger partial charge in [-0.2, -0.15) is 0 Å². The minimum absolute atomic E-state index is 0.0343. The molecule has 0 aromatic heterocycles. The van der Waals surface area contributed by atoms with E-state index in [9.17, 15) is 0 Å². The molecule has 0 spiro atoms. The van der Waals surface area contributed by atoms with Crippen molar-refractivity contribution in [3.8, 4) is 0 Å². The van der Waals surface area contributed by atoms with E-state index in [4.69, 9.17) is 10.2 Å². The second kappa shape index (κ2) is 6.31. The number of aliphatic hydroxyl groups excluding tert-OH is 2. The summed E-state index contributed by atoms with van der Waals surface area (Å²) in [7, 11) is 0. The van der Waals surface area contributed by atoms with Gasteiger partial charge in [-0.15, -0.1) is 6.58 Å². The van der Waals surface area contributed by atoms with Gasteiger partial charge in [0.1, 0.15) is 0 Å². The zero-order chi connectivity index (χ0) is 10.3. The molecular formula is C10H17NO2. The van der Waals surface area contributed by atoms with Gasteiger partial charge in [-0.1, -0.05) is 19.2 Å². The maximum atomic E-state index is 8.96. The fourth-order valence-corrected chi connectivity index (χ4v) is 1.04. The van der Waals surface area contributed by atoms with Gasteiger partial charge >= 0.3 is 0 Å². The van der Waals surface area contributed by atoms with E-state index in [2.05, 4.69) is 25.1 Å². The van der Waals surface area contributed by atoms with Gasteiger partial charge in [-0.25, -0.2) is 0 Å². The van der Waals surface area contributed by atoms with Crippen LogP contribution >= 0.6 is 0 Å². The van der Waals surface area contributed by atoms with Gasteiger partial charge in [0, 0.05) is 25.4 Å². The lowest BCUT2D eigenvalue weighted by atomic mass is 10.1. The molecule has 0 saturated heterocycles. The summed E-state index contributed by atoms with van der Waals surface area (Å²) in [6.45, 7) is 11.0. The molecule has 3 nitrogen and oxygen atoms in total. The van der Waals surface area contributed by atoms with E-state index in [1.807, 2.05) is 0 Å². The lowest BCUT2D eigenvalue weighted by Crippen LogP contribution is -2.30. The van der Waals surface area contributed by atoms with Crippen LogP contribution < -0.4 is 5.32 Å². The average Bonchev–Trinajstić information content (AvgIpc) is 1.98. The Hall–Kier alpha value is -1.22. The first-order valence-electron chi connectivity index (χ1n) is 4.14. The predicted octanol–water partition coefficient (Wildman–Crippen LogP) is 2.05. The summed E-state index contributed by atoms with van der Waals surface area (Å²) in [5.74, 6) is 0.200. The van der Waals surface area contributed by atoms with Crippen molar-refractivity contribution < 1.29 is 10.2 Å². The summed E-state index contributed by atoms with van der Waals surface area (Å²) in [5, 5.41) is 21.0. The summed E-state index contributed by atoms with van der Waals surface area (Å²) in [6, 6.07) is -0.0343. The highest BCUT2D eigenvalue weighted by Crippen LogP contribution is 2.07. The standard InChI is InChI=1S/C10H17NO2/c1-4-5-11-10(6-8(2)12)7-9(3)13/h4,10-13H,1-3,5-7H2. The maximum Gasteiger partial charge on any atom is 0.0866 e. The van der Waals surface area contributed by atoms with Crippen LogP contribution in [0.1, 0.15) is 12.8 Å². The normalized spacial score (nSPS) is 9.92. The van der Waals surface area contributed by atoms with Crippen molar-refractivity contribution in [1.82, 2.24) is 5.32 Å². The summed E-state index contributed by atoms with van der Waals surface area (Å²) in [5.41, 5.74) is 0.